The van der Waals surface area contributed by atoms with Gasteiger partial charge in [-0.25, -0.2) is 9.59 Å². The molecule has 1 saturated carbocycles. The van der Waals surface area contributed by atoms with Crippen LogP contribution >= 0.6 is 0 Å². The van der Waals surface area contributed by atoms with Crippen LogP contribution in [0, 0.1) is 0 Å². The normalized spacial score (nSPS) is 26.7. The molecule has 2 fully saturated rings. The number of unbranched alkanes of at least 4 members (excludes halogenated alkanes) is 1. The Labute approximate surface area is 222 Å². The number of carbonyl (C=O) groups is 2. The van der Waals surface area contributed by atoms with Crippen molar-refractivity contribution in [1.82, 2.24) is 9.80 Å². The van der Waals surface area contributed by atoms with Gasteiger partial charge in [0.05, 0.1) is 12.1 Å². The van der Waals surface area contributed by atoms with Gasteiger partial charge in [0.25, 0.3) is 0 Å². The SMILES string of the molecule is CCCCN(C)C(=O)O[C@H]1CCc2cc([C@H]3CC[C@@]4(COC(C)(C)N4C(=O)OC(C)(C)C)C3)ccc2C1. The molecule has 2 aliphatic carbocycles. The first-order chi connectivity index (χ1) is 17.3. The predicted octanol–water partition coefficient (Wildman–Crippen LogP) is 6.42. The number of nitrogens with zero attached hydrogens (tertiary/aromatic N) is 2. The van der Waals surface area contributed by atoms with Gasteiger partial charge in [-0.2, -0.15) is 0 Å². The lowest BCUT2D eigenvalue weighted by atomic mass is 9.85. The van der Waals surface area contributed by atoms with E-state index < -0.39 is 11.3 Å². The molecule has 206 valence electrons. The maximum atomic E-state index is 13.3. The molecule has 3 atom stereocenters. The number of aryl methyl sites for hydroxylation is 1. The lowest BCUT2D eigenvalue weighted by Gasteiger charge is -2.40. The van der Waals surface area contributed by atoms with Gasteiger partial charge in [0.15, 0.2) is 0 Å². The maximum absolute atomic E-state index is 13.3. The Morgan fingerprint density at radius 1 is 1.19 bits per heavy atom. The minimum Gasteiger partial charge on any atom is -0.446 e. The largest absolute Gasteiger partial charge is 0.446 e. The van der Waals surface area contributed by atoms with E-state index in [2.05, 4.69) is 25.1 Å². The molecule has 3 aliphatic rings. The van der Waals surface area contributed by atoms with Crippen molar-refractivity contribution < 1.29 is 23.8 Å². The standard InChI is InChI=1S/C30H46N2O5/c1-8-9-16-31(7)26(33)36-25-13-12-21-17-22(10-11-23(21)18-25)24-14-15-30(19-24)20-35-29(5,6)32(30)27(34)37-28(2,3)4/h10-11,17,24-25H,8-9,12-16,18-20H2,1-7H3/t24-,25-,30-/m0/s1. The predicted molar refractivity (Wildman–Crippen MR) is 144 cm³/mol. The Hall–Kier alpha value is -2.28. The minimum atomic E-state index is -0.690. The van der Waals surface area contributed by atoms with Crippen molar-refractivity contribution in [2.75, 3.05) is 20.2 Å². The fourth-order valence-electron chi connectivity index (χ4n) is 6.27. The highest BCUT2D eigenvalue weighted by atomic mass is 16.6. The van der Waals surface area contributed by atoms with Gasteiger partial charge < -0.3 is 19.1 Å². The summed E-state index contributed by atoms with van der Waals surface area (Å²) in [4.78, 5) is 29.3. The molecule has 0 N–H and O–H groups in total. The second-order valence-corrected chi connectivity index (χ2v) is 12.8. The van der Waals surface area contributed by atoms with Gasteiger partial charge in [-0.1, -0.05) is 31.5 Å². The summed E-state index contributed by atoms with van der Waals surface area (Å²) in [5.41, 5.74) is 2.39. The molecule has 1 spiro atoms. The zero-order chi connectivity index (χ0) is 27.0. The first kappa shape index (κ1) is 27.7. The average Bonchev–Trinajstić information content (AvgIpc) is 3.35. The quantitative estimate of drug-likeness (QED) is 0.453. The van der Waals surface area contributed by atoms with Crippen molar-refractivity contribution in [3.63, 3.8) is 0 Å². The number of hydrogen-bond acceptors (Lipinski definition) is 5. The molecule has 37 heavy (non-hydrogen) atoms. The van der Waals surface area contributed by atoms with Crippen LogP contribution in [0.25, 0.3) is 0 Å². The Morgan fingerprint density at radius 3 is 2.65 bits per heavy atom. The van der Waals surface area contributed by atoms with E-state index in [1.807, 2.05) is 46.6 Å². The van der Waals surface area contributed by atoms with Gasteiger partial charge in [0.2, 0.25) is 0 Å². The van der Waals surface area contributed by atoms with Gasteiger partial charge in [0.1, 0.15) is 17.4 Å². The molecule has 0 unspecified atom stereocenters. The highest BCUT2D eigenvalue weighted by Gasteiger charge is 2.58. The van der Waals surface area contributed by atoms with E-state index in [1.54, 1.807) is 4.90 Å². The Balaban J connectivity index is 1.42. The molecule has 0 aromatic heterocycles. The van der Waals surface area contributed by atoms with Crippen LogP contribution in [0.2, 0.25) is 0 Å². The number of hydrogen-bond donors (Lipinski definition) is 0. The first-order valence-electron chi connectivity index (χ1n) is 14.0. The average molecular weight is 515 g/mol. The number of benzene rings is 1. The summed E-state index contributed by atoms with van der Waals surface area (Å²) in [6, 6.07) is 6.80. The lowest BCUT2D eigenvalue weighted by molar-refractivity contribution is -0.0688. The molecule has 0 radical (unpaired) electrons. The van der Waals surface area contributed by atoms with Gasteiger partial charge in [-0.15, -0.1) is 0 Å². The molecule has 4 rings (SSSR count). The van der Waals surface area contributed by atoms with Crippen LogP contribution in [0.5, 0.6) is 0 Å². The molecule has 7 heteroatoms. The molecule has 1 aliphatic heterocycles. The van der Waals surface area contributed by atoms with E-state index in [-0.39, 0.29) is 23.8 Å². The third-order valence-corrected chi connectivity index (χ3v) is 8.18. The third-order valence-electron chi connectivity index (χ3n) is 8.18. The highest BCUT2D eigenvalue weighted by molar-refractivity contribution is 5.71. The minimum absolute atomic E-state index is 0.0649. The first-order valence-corrected chi connectivity index (χ1v) is 14.0. The monoisotopic (exact) mass is 514 g/mol. The fraction of sp³-hybridized carbons (Fsp3) is 0.733. The summed E-state index contributed by atoms with van der Waals surface area (Å²) in [6.45, 7) is 13.0. The fourth-order valence-corrected chi connectivity index (χ4v) is 6.27. The number of rotatable bonds is 5. The van der Waals surface area contributed by atoms with E-state index in [0.29, 0.717) is 12.5 Å². The summed E-state index contributed by atoms with van der Waals surface area (Å²) in [5.74, 6) is 0.371. The number of amides is 2. The van der Waals surface area contributed by atoms with Gasteiger partial charge in [0, 0.05) is 20.0 Å². The summed E-state index contributed by atoms with van der Waals surface area (Å²) in [7, 11) is 1.82. The van der Waals surface area contributed by atoms with E-state index in [0.717, 1.165) is 57.9 Å². The van der Waals surface area contributed by atoms with Crippen molar-refractivity contribution in [3.8, 4) is 0 Å². The molecule has 1 aromatic rings. The van der Waals surface area contributed by atoms with Crippen molar-refractivity contribution in [1.29, 1.82) is 0 Å². The Bertz CT molecular complexity index is 1000. The van der Waals surface area contributed by atoms with Crippen LogP contribution in [-0.4, -0.2) is 65.2 Å². The Kier molecular flexibility index (Phi) is 7.85. The van der Waals surface area contributed by atoms with Crippen LogP contribution in [-0.2, 0) is 27.1 Å². The van der Waals surface area contributed by atoms with Crippen molar-refractivity contribution >= 4 is 12.2 Å². The molecule has 2 amide bonds. The zero-order valence-electron chi connectivity index (χ0n) is 23.9. The molecule has 0 bridgehead atoms. The molecular weight excluding hydrogens is 468 g/mol. The van der Waals surface area contributed by atoms with Crippen molar-refractivity contribution in [2.45, 2.75) is 122 Å². The number of fused-ring (bicyclic) bond motifs is 1. The van der Waals surface area contributed by atoms with Gasteiger partial charge in [-0.05, 0) is 95.8 Å². The van der Waals surface area contributed by atoms with Crippen LogP contribution in [0.15, 0.2) is 18.2 Å². The van der Waals surface area contributed by atoms with Gasteiger partial charge in [-0.3, -0.25) is 4.90 Å². The topological polar surface area (TPSA) is 68.3 Å². The smallest absolute Gasteiger partial charge is 0.413 e. The maximum Gasteiger partial charge on any atom is 0.413 e. The van der Waals surface area contributed by atoms with Crippen molar-refractivity contribution in [3.05, 3.63) is 34.9 Å². The van der Waals surface area contributed by atoms with Gasteiger partial charge >= 0.3 is 12.2 Å². The second kappa shape index (κ2) is 10.5. The Morgan fingerprint density at radius 2 is 1.95 bits per heavy atom. The molecular formula is C30H46N2O5. The van der Waals surface area contributed by atoms with Crippen molar-refractivity contribution in [2.24, 2.45) is 0 Å². The van der Waals surface area contributed by atoms with Crippen LogP contribution in [0.4, 0.5) is 9.59 Å². The van der Waals surface area contributed by atoms with E-state index in [9.17, 15) is 9.59 Å². The van der Waals surface area contributed by atoms with Crippen LogP contribution in [0.1, 0.15) is 103 Å². The molecule has 7 nitrogen and oxygen atoms in total. The van der Waals surface area contributed by atoms with E-state index in [4.69, 9.17) is 14.2 Å². The van der Waals surface area contributed by atoms with Crippen LogP contribution in [0.3, 0.4) is 0 Å². The summed E-state index contributed by atoms with van der Waals surface area (Å²) < 4.78 is 17.8. The van der Waals surface area contributed by atoms with E-state index in [1.165, 1.54) is 16.7 Å². The molecule has 1 saturated heterocycles. The highest BCUT2D eigenvalue weighted by Crippen LogP contribution is 2.51. The zero-order valence-corrected chi connectivity index (χ0v) is 23.9. The number of carbonyl (C=O) groups excluding carboxylic acids is 2. The third kappa shape index (κ3) is 6.08. The second-order valence-electron chi connectivity index (χ2n) is 12.8. The number of ether oxygens (including phenoxy) is 3. The van der Waals surface area contributed by atoms with Crippen LogP contribution < -0.4 is 0 Å². The summed E-state index contributed by atoms with van der Waals surface area (Å²) in [5, 5.41) is 0. The molecule has 1 heterocycles. The summed E-state index contributed by atoms with van der Waals surface area (Å²) >= 11 is 0. The summed E-state index contributed by atoms with van der Waals surface area (Å²) in [6.07, 6.45) is 6.81. The molecule has 1 aromatic carbocycles. The lowest BCUT2D eigenvalue weighted by Crippen LogP contribution is -2.55. The van der Waals surface area contributed by atoms with E-state index >= 15 is 0 Å².